The summed E-state index contributed by atoms with van der Waals surface area (Å²) in [6.07, 6.45) is 1.73. The molecule has 152 valence electrons. The Morgan fingerprint density at radius 2 is 1.79 bits per heavy atom. The third-order valence-corrected chi connectivity index (χ3v) is 7.38. The Kier molecular flexibility index (Phi) is 5.74. The molecule has 0 unspecified atom stereocenters. The van der Waals surface area contributed by atoms with E-state index >= 15 is 0 Å². The molecule has 2 heterocycles. The quantitative estimate of drug-likeness (QED) is 0.614. The fourth-order valence-electron chi connectivity index (χ4n) is 3.32. The van der Waals surface area contributed by atoms with Crippen molar-refractivity contribution in [3.8, 4) is 11.3 Å². The summed E-state index contributed by atoms with van der Waals surface area (Å²) in [6.45, 7) is 4.46. The van der Waals surface area contributed by atoms with Crippen LogP contribution in [0.2, 0.25) is 5.02 Å². The lowest BCUT2D eigenvalue weighted by molar-refractivity contribution is 0.168. The highest BCUT2D eigenvalue weighted by molar-refractivity contribution is 7.89. The average molecular weight is 432 g/mol. The summed E-state index contributed by atoms with van der Waals surface area (Å²) in [6, 6.07) is 14.7. The van der Waals surface area contributed by atoms with E-state index in [1.807, 2.05) is 37.3 Å². The summed E-state index contributed by atoms with van der Waals surface area (Å²) in [5.41, 5.74) is 1.84. The summed E-state index contributed by atoms with van der Waals surface area (Å²) in [5.74, 6) is 1.36. The smallest absolute Gasteiger partial charge is 0.243 e. The van der Waals surface area contributed by atoms with Crippen molar-refractivity contribution in [3.63, 3.8) is 0 Å². The number of aromatic nitrogens is 1. The molecule has 4 rings (SSSR count). The Bertz CT molecular complexity index is 1090. The molecule has 0 aliphatic carbocycles. The summed E-state index contributed by atoms with van der Waals surface area (Å²) in [4.78, 5) is 6.75. The molecular weight excluding hydrogens is 410 g/mol. The first kappa shape index (κ1) is 20.1. The molecular formula is C21H22ClN3O3S. The second-order valence-corrected chi connectivity index (χ2v) is 9.42. The van der Waals surface area contributed by atoms with Gasteiger partial charge in [0.25, 0.3) is 0 Å². The molecule has 0 atom stereocenters. The van der Waals surface area contributed by atoms with Crippen molar-refractivity contribution in [3.05, 3.63) is 71.2 Å². The van der Waals surface area contributed by atoms with Gasteiger partial charge in [-0.25, -0.2) is 13.4 Å². The minimum Gasteiger partial charge on any atom is -0.439 e. The number of nitrogens with zero attached hydrogens (tertiary/aromatic N) is 3. The highest BCUT2D eigenvalue weighted by atomic mass is 35.5. The number of sulfonamides is 1. The van der Waals surface area contributed by atoms with E-state index in [2.05, 4.69) is 9.88 Å². The van der Waals surface area contributed by atoms with Crippen LogP contribution in [0.25, 0.3) is 11.3 Å². The Morgan fingerprint density at radius 3 is 2.48 bits per heavy atom. The first-order valence-electron chi connectivity index (χ1n) is 9.42. The van der Waals surface area contributed by atoms with Crippen LogP contribution in [-0.4, -0.2) is 48.8 Å². The molecule has 1 aromatic heterocycles. The van der Waals surface area contributed by atoms with Crippen molar-refractivity contribution in [1.82, 2.24) is 14.2 Å². The van der Waals surface area contributed by atoms with Crippen molar-refractivity contribution in [1.29, 1.82) is 0 Å². The first-order chi connectivity index (χ1) is 13.9. The summed E-state index contributed by atoms with van der Waals surface area (Å²) in [5, 5.41) is 0.461. The number of oxazole rings is 1. The molecule has 1 aliphatic rings. The van der Waals surface area contributed by atoms with Crippen LogP contribution in [0.5, 0.6) is 0 Å². The van der Waals surface area contributed by atoms with Gasteiger partial charge in [0.15, 0.2) is 5.76 Å². The highest BCUT2D eigenvalue weighted by Gasteiger charge is 2.29. The predicted octanol–water partition coefficient (Wildman–Crippen LogP) is 3.81. The fourth-order valence-corrected chi connectivity index (χ4v) is 5.02. The molecule has 1 fully saturated rings. The minimum atomic E-state index is -3.55. The van der Waals surface area contributed by atoms with Crippen molar-refractivity contribution < 1.29 is 12.8 Å². The normalized spacial score (nSPS) is 16.2. The van der Waals surface area contributed by atoms with Crippen LogP contribution in [0, 0.1) is 6.92 Å². The molecule has 29 heavy (non-hydrogen) atoms. The largest absolute Gasteiger partial charge is 0.439 e. The summed E-state index contributed by atoms with van der Waals surface area (Å²) in [7, 11) is -3.55. The van der Waals surface area contributed by atoms with E-state index in [4.69, 9.17) is 16.0 Å². The molecule has 0 N–H and O–H groups in total. The molecule has 0 bridgehead atoms. The number of aryl methyl sites for hydroxylation is 1. The number of rotatable bonds is 5. The van der Waals surface area contributed by atoms with Gasteiger partial charge in [-0.05, 0) is 24.6 Å². The number of hydrogen-bond donors (Lipinski definition) is 0. The van der Waals surface area contributed by atoms with E-state index in [0.717, 1.165) is 16.9 Å². The molecule has 3 aromatic rings. The molecule has 1 aliphatic heterocycles. The van der Waals surface area contributed by atoms with Crippen LogP contribution in [0.3, 0.4) is 0 Å². The van der Waals surface area contributed by atoms with E-state index in [9.17, 15) is 8.42 Å². The summed E-state index contributed by atoms with van der Waals surface area (Å²) < 4.78 is 33.2. The van der Waals surface area contributed by atoms with Crippen molar-refractivity contribution >= 4 is 21.6 Å². The van der Waals surface area contributed by atoms with E-state index in [0.29, 0.717) is 43.6 Å². The maximum absolute atomic E-state index is 12.9. The second kappa shape index (κ2) is 8.28. The highest BCUT2D eigenvalue weighted by Crippen LogP contribution is 2.24. The lowest BCUT2D eigenvalue weighted by Crippen LogP contribution is -2.48. The zero-order valence-electron chi connectivity index (χ0n) is 16.1. The fraction of sp³-hybridized carbons (Fsp3) is 0.286. The van der Waals surface area contributed by atoms with Crippen LogP contribution in [0.15, 0.2) is 64.0 Å². The van der Waals surface area contributed by atoms with Gasteiger partial charge in [0.2, 0.25) is 15.9 Å². The predicted molar refractivity (Wildman–Crippen MR) is 112 cm³/mol. The lowest BCUT2D eigenvalue weighted by Gasteiger charge is -2.33. The minimum absolute atomic E-state index is 0.238. The van der Waals surface area contributed by atoms with Gasteiger partial charge in [-0.15, -0.1) is 0 Å². The first-order valence-corrected chi connectivity index (χ1v) is 11.2. The van der Waals surface area contributed by atoms with Gasteiger partial charge in [-0.1, -0.05) is 48.0 Å². The third-order valence-electron chi connectivity index (χ3n) is 5.08. The van der Waals surface area contributed by atoms with Gasteiger partial charge in [-0.3, -0.25) is 4.90 Å². The van der Waals surface area contributed by atoms with Crippen LogP contribution >= 0.6 is 11.6 Å². The average Bonchev–Trinajstić information content (AvgIpc) is 3.19. The number of piperazine rings is 1. The monoisotopic (exact) mass is 431 g/mol. The molecule has 0 radical (unpaired) electrons. The Labute approximate surface area is 175 Å². The van der Waals surface area contributed by atoms with Gasteiger partial charge in [0, 0.05) is 36.8 Å². The number of hydrogen-bond acceptors (Lipinski definition) is 5. The maximum atomic E-state index is 12.9. The topological polar surface area (TPSA) is 66.7 Å². The number of halogens is 1. The Hall–Kier alpha value is -2.19. The van der Waals surface area contributed by atoms with Crippen molar-refractivity contribution in [2.75, 3.05) is 26.2 Å². The molecule has 6 nitrogen and oxygen atoms in total. The van der Waals surface area contributed by atoms with Crippen LogP contribution in [-0.2, 0) is 16.6 Å². The van der Waals surface area contributed by atoms with Crippen molar-refractivity contribution in [2.24, 2.45) is 0 Å². The van der Waals surface area contributed by atoms with Gasteiger partial charge in [0.05, 0.1) is 17.6 Å². The Balaban J connectivity index is 1.38. The molecule has 0 spiro atoms. The molecule has 0 saturated carbocycles. The molecule has 2 aromatic carbocycles. The van der Waals surface area contributed by atoms with E-state index in [-0.39, 0.29) is 4.90 Å². The maximum Gasteiger partial charge on any atom is 0.243 e. The standard InChI is InChI=1S/C21H22ClN3O3S/c1-16-7-8-18(13-19(16)22)29(26,27)25-11-9-24(10-12-25)15-21-23-14-20(28-21)17-5-3-2-4-6-17/h2-8,13-14H,9-12,15H2,1H3. The zero-order valence-corrected chi connectivity index (χ0v) is 17.7. The summed E-state index contributed by atoms with van der Waals surface area (Å²) >= 11 is 6.11. The zero-order chi connectivity index (χ0) is 20.4. The van der Waals surface area contributed by atoms with Gasteiger partial charge >= 0.3 is 0 Å². The van der Waals surface area contributed by atoms with Crippen molar-refractivity contribution in [2.45, 2.75) is 18.4 Å². The number of benzene rings is 2. The van der Waals surface area contributed by atoms with Crippen LogP contribution < -0.4 is 0 Å². The molecule has 8 heteroatoms. The van der Waals surface area contributed by atoms with Crippen LogP contribution in [0.4, 0.5) is 0 Å². The Morgan fingerprint density at radius 1 is 1.07 bits per heavy atom. The third kappa shape index (κ3) is 4.38. The van der Waals surface area contributed by atoms with E-state index in [1.54, 1.807) is 18.3 Å². The van der Waals surface area contributed by atoms with Gasteiger partial charge in [-0.2, -0.15) is 4.31 Å². The van der Waals surface area contributed by atoms with Gasteiger partial charge in [0.1, 0.15) is 0 Å². The van der Waals surface area contributed by atoms with Crippen LogP contribution in [0.1, 0.15) is 11.5 Å². The molecule has 1 saturated heterocycles. The SMILES string of the molecule is Cc1ccc(S(=O)(=O)N2CCN(Cc3ncc(-c4ccccc4)o3)CC2)cc1Cl. The second-order valence-electron chi connectivity index (χ2n) is 7.08. The van der Waals surface area contributed by atoms with E-state index < -0.39 is 10.0 Å². The lowest BCUT2D eigenvalue weighted by atomic mass is 10.2. The molecule has 0 amide bonds. The van der Waals surface area contributed by atoms with Gasteiger partial charge < -0.3 is 4.42 Å². The van der Waals surface area contributed by atoms with E-state index in [1.165, 1.54) is 10.4 Å².